The van der Waals surface area contributed by atoms with Crippen LogP contribution in [0.4, 0.5) is 0 Å². The van der Waals surface area contributed by atoms with Gasteiger partial charge in [-0.15, -0.1) is 0 Å². The number of aliphatic imine (C=N–C) groups is 1. The SMILES string of the molecule is CN1C(=O)C(c2cccc(Br)c2)(c2cccc(OS(=O)(=O)N(C)C)c2)N=C1N. The first-order valence-corrected chi connectivity index (χ1v) is 10.4. The topological polar surface area (TPSA) is 105 Å². The second-order valence-corrected chi connectivity index (χ2v) is 9.07. The van der Waals surface area contributed by atoms with Gasteiger partial charge in [0.05, 0.1) is 0 Å². The second-order valence-electron chi connectivity index (χ2n) is 6.41. The Morgan fingerprint density at radius 3 is 2.29 bits per heavy atom. The molecule has 1 aliphatic rings. The Morgan fingerprint density at radius 1 is 1.14 bits per heavy atom. The van der Waals surface area contributed by atoms with E-state index in [0.29, 0.717) is 11.1 Å². The predicted octanol–water partition coefficient (Wildman–Crippen LogP) is 1.66. The Balaban J connectivity index is 2.19. The number of carbonyl (C=O) groups is 1. The molecule has 2 aromatic carbocycles. The van der Waals surface area contributed by atoms with Crippen molar-refractivity contribution in [3.05, 3.63) is 64.1 Å². The highest BCUT2D eigenvalue weighted by Crippen LogP contribution is 2.41. The molecule has 2 N–H and O–H groups in total. The van der Waals surface area contributed by atoms with E-state index in [1.807, 2.05) is 6.07 Å². The molecule has 3 rings (SSSR count). The lowest BCUT2D eigenvalue weighted by molar-refractivity contribution is -0.129. The van der Waals surface area contributed by atoms with Gasteiger partial charge in [0.25, 0.3) is 5.91 Å². The fourth-order valence-corrected chi connectivity index (χ4v) is 3.76. The Hall–Kier alpha value is -2.43. The van der Waals surface area contributed by atoms with Crippen molar-refractivity contribution in [2.24, 2.45) is 10.7 Å². The van der Waals surface area contributed by atoms with Crippen LogP contribution in [-0.4, -0.2) is 50.6 Å². The first-order chi connectivity index (χ1) is 13.1. The fraction of sp³-hybridized carbons (Fsp3) is 0.222. The van der Waals surface area contributed by atoms with Crippen LogP contribution in [0.25, 0.3) is 0 Å². The van der Waals surface area contributed by atoms with E-state index in [1.165, 1.54) is 38.2 Å². The van der Waals surface area contributed by atoms with E-state index in [9.17, 15) is 13.2 Å². The van der Waals surface area contributed by atoms with Gasteiger partial charge in [-0.2, -0.15) is 12.7 Å². The van der Waals surface area contributed by atoms with Crippen molar-refractivity contribution in [3.63, 3.8) is 0 Å². The van der Waals surface area contributed by atoms with Gasteiger partial charge in [-0.3, -0.25) is 9.69 Å². The number of benzene rings is 2. The van der Waals surface area contributed by atoms with Crippen molar-refractivity contribution in [2.75, 3.05) is 21.1 Å². The van der Waals surface area contributed by atoms with E-state index in [2.05, 4.69) is 20.9 Å². The number of guanidine groups is 1. The maximum atomic E-state index is 13.2. The summed E-state index contributed by atoms with van der Waals surface area (Å²) in [5.74, 6) is -0.218. The standard InChI is InChI=1S/C18H19BrN4O4S/c1-22(2)28(25,26)27-15-9-5-7-13(11-15)18(12-6-4-8-14(19)10-12)16(24)23(3)17(20)21-18/h4-11H,1-3H3,(H2,20,21). The van der Waals surface area contributed by atoms with Gasteiger partial charge in [-0.25, -0.2) is 4.99 Å². The molecule has 1 aliphatic heterocycles. The van der Waals surface area contributed by atoms with E-state index in [-0.39, 0.29) is 17.6 Å². The Kier molecular flexibility index (Phi) is 5.22. The van der Waals surface area contributed by atoms with Crippen molar-refractivity contribution in [1.29, 1.82) is 0 Å². The number of likely N-dealkylation sites (N-methyl/N-ethyl adjacent to an activating group) is 1. The molecule has 2 aromatic rings. The number of halogens is 1. The minimum absolute atomic E-state index is 0.0664. The summed E-state index contributed by atoms with van der Waals surface area (Å²) in [5, 5.41) is 0. The number of amides is 1. The lowest BCUT2D eigenvalue weighted by Gasteiger charge is -2.26. The predicted molar refractivity (Wildman–Crippen MR) is 109 cm³/mol. The molecular weight excluding hydrogens is 448 g/mol. The summed E-state index contributed by atoms with van der Waals surface area (Å²) in [4.78, 5) is 18.9. The van der Waals surface area contributed by atoms with Gasteiger partial charge in [0.1, 0.15) is 5.75 Å². The molecule has 0 spiro atoms. The van der Waals surface area contributed by atoms with Gasteiger partial charge >= 0.3 is 10.3 Å². The molecule has 1 heterocycles. The third-order valence-electron chi connectivity index (χ3n) is 4.38. The van der Waals surface area contributed by atoms with Crippen LogP contribution >= 0.6 is 15.9 Å². The molecule has 8 nitrogen and oxygen atoms in total. The summed E-state index contributed by atoms with van der Waals surface area (Å²) in [5.41, 5.74) is 5.53. The molecule has 10 heteroatoms. The van der Waals surface area contributed by atoms with Crippen LogP contribution in [-0.2, 0) is 20.6 Å². The molecule has 0 saturated carbocycles. The van der Waals surface area contributed by atoms with Crippen LogP contribution in [0.2, 0.25) is 0 Å². The number of rotatable bonds is 5. The Morgan fingerprint density at radius 2 is 1.75 bits per heavy atom. The number of hydrogen-bond acceptors (Lipinski definition) is 6. The Labute approximate surface area is 172 Å². The van der Waals surface area contributed by atoms with Crippen molar-refractivity contribution in [3.8, 4) is 5.75 Å². The van der Waals surface area contributed by atoms with Gasteiger partial charge in [-0.1, -0.05) is 40.2 Å². The highest BCUT2D eigenvalue weighted by Gasteiger charge is 2.49. The monoisotopic (exact) mass is 466 g/mol. The number of hydrogen-bond donors (Lipinski definition) is 1. The first kappa shape index (κ1) is 20.3. The summed E-state index contributed by atoms with van der Waals surface area (Å²) in [6, 6.07) is 13.4. The molecule has 1 atom stereocenters. The lowest BCUT2D eigenvalue weighted by atomic mass is 9.83. The van der Waals surface area contributed by atoms with Crippen molar-refractivity contribution >= 4 is 38.1 Å². The zero-order valence-electron chi connectivity index (χ0n) is 15.5. The smallest absolute Gasteiger partial charge is 0.371 e. The zero-order valence-corrected chi connectivity index (χ0v) is 17.9. The van der Waals surface area contributed by atoms with E-state index in [4.69, 9.17) is 9.92 Å². The summed E-state index contributed by atoms with van der Waals surface area (Å²) >= 11 is 3.41. The van der Waals surface area contributed by atoms with Crippen LogP contribution in [0.1, 0.15) is 11.1 Å². The zero-order chi connectivity index (χ0) is 20.7. The molecule has 0 radical (unpaired) electrons. The largest absolute Gasteiger partial charge is 0.384 e. The third kappa shape index (κ3) is 3.38. The van der Waals surface area contributed by atoms with Crippen molar-refractivity contribution < 1.29 is 17.4 Å². The number of carbonyl (C=O) groups excluding carboxylic acids is 1. The van der Waals surface area contributed by atoms with Crippen LogP contribution in [0.5, 0.6) is 5.75 Å². The molecule has 1 amide bonds. The van der Waals surface area contributed by atoms with Crippen molar-refractivity contribution in [2.45, 2.75) is 5.54 Å². The minimum Gasteiger partial charge on any atom is -0.371 e. The molecule has 0 aromatic heterocycles. The lowest BCUT2D eigenvalue weighted by Crippen LogP contribution is -2.41. The van der Waals surface area contributed by atoms with Gasteiger partial charge < -0.3 is 9.92 Å². The molecule has 0 saturated heterocycles. The second kappa shape index (κ2) is 7.19. The highest BCUT2D eigenvalue weighted by molar-refractivity contribution is 9.10. The minimum atomic E-state index is -3.95. The van der Waals surface area contributed by atoms with E-state index >= 15 is 0 Å². The van der Waals surface area contributed by atoms with E-state index in [0.717, 1.165) is 8.78 Å². The van der Waals surface area contributed by atoms with Crippen LogP contribution < -0.4 is 9.92 Å². The van der Waals surface area contributed by atoms with Crippen LogP contribution in [0.15, 0.2) is 58.0 Å². The summed E-state index contributed by atoms with van der Waals surface area (Å²) in [7, 11) is 0.319. The maximum absolute atomic E-state index is 13.2. The number of nitrogens with zero attached hydrogens (tertiary/aromatic N) is 3. The molecule has 0 aliphatic carbocycles. The average Bonchev–Trinajstić information content (AvgIpc) is 2.86. The molecule has 0 fully saturated rings. The number of nitrogens with two attached hydrogens (primary N) is 1. The van der Waals surface area contributed by atoms with Crippen molar-refractivity contribution in [1.82, 2.24) is 9.21 Å². The average molecular weight is 467 g/mol. The molecule has 1 unspecified atom stereocenters. The van der Waals surface area contributed by atoms with E-state index in [1.54, 1.807) is 30.3 Å². The Bertz CT molecular complexity index is 1070. The van der Waals surface area contributed by atoms with Gasteiger partial charge in [0, 0.05) is 25.6 Å². The summed E-state index contributed by atoms with van der Waals surface area (Å²) in [6.45, 7) is 0. The summed E-state index contributed by atoms with van der Waals surface area (Å²) in [6.07, 6.45) is 0. The van der Waals surface area contributed by atoms with Gasteiger partial charge in [0.15, 0.2) is 11.5 Å². The quantitative estimate of drug-likeness (QED) is 0.721. The molecular formula is C18H19BrN4O4S. The van der Waals surface area contributed by atoms with Crippen LogP contribution in [0.3, 0.4) is 0 Å². The molecule has 148 valence electrons. The van der Waals surface area contributed by atoms with E-state index < -0.39 is 15.8 Å². The highest BCUT2D eigenvalue weighted by atomic mass is 79.9. The first-order valence-electron chi connectivity index (χ1n) is 8.20. The van der Waals surface area contributed by atoms with Gasteiger partial charge in [-0.05, 0) is 35.4 Å². The molecule has 0 bridgehead atoms. The maximum Gasteiger partial charge on any atom is 0.384 e. The third-order valence-corrected chi connectivity index (χ3v) is 6.17. The fourth-order valence-electron chi connectivity index (χ4n) is 2.87. The molecule has 28 heavy (non-hydrogen) atoms. The van der Waals surface area contributed by atoms with Gasteiger partial charge in [0.2, 0.25) is 0 Å². The summed E-state index contributed by atoms with van der Waals surface area (Å²) < 4.78 is 31.0. The van der Waals surface area contributed by atoms with Crippen LogP contribution in [0, 0.1) is 0 Å². The normalized spacial score (nSPS) is 19.8.